The molecule has 1 amide bonds. The second-order valence-electron chi connectivity index (χ2n) is 6.58. The summed E-state index contributed by atoms with van der Waals surface area (Å²) in [6.07, 6.45) is 2.25. The summed E-state index contributed by atoms with van der Waals surface area (Å²) in [6, 6.07) is 9.73. The first-order chi connectivity index (χ1) is 14.0. The summed E-state index contributed by atoms with van der Waals surface area (Å²) < 4.78 is 45.5. The molecule has 0 radical (unpaired) electrons. The van der Waals surface area contributed by atoms with Gasteiger partial charge < -0.3 is 14.8 Å². The molecule has 0 aliphatic rings. The molecule has 0 unspecified atom stereocenters. The van der Waals surface area contributed by atoms with Crippen LogP contribution in [-0.4, -0.2) is 22.6 Å². The lowest BCUT2D eigenvalue weighted by molar-refractivity contribution is 0.0945. The van der Waals surface area contributed by atoms with Gasteiger partial charge in [-0.1, -0.05) is 17.3 Å². The highest BCUT2D eigenvalue weighted by molar-refractivity contribution is 5.92. The Kier molecular flexibility index (Phi) is 5.07. The lowest BCUT2D eigenvalue weighted by Gasteiger charge is -2.02. The maximum absolute atomic E-state index is 13.7. The Morgan fingerprint density at radius 3 is 2.83 bits per heavy atom. The largest absolute Gasteiger partial charge is 0.361 e. The maximum Gasteiger partial charge on any atom is 0.273 e. The molecule has 5 nitrogen and oxygen atoms in total. The summed E-state index contributed by atoms with van der Waals surface area (Å²) in [7, 11) is 0. The van der Waals surface area contributed by atoms with Crippen molar-refractivity contribution >= 4 is 16.8 Å². The predicted molar refractivity (Wildman–Crippen MR) is 100.0 cm³/mol. The molecule has 4 rings (SSSR count). The summed E-state index contributed by atoms with van der Waals surface area (Å²) in [6.45, 7) is 0.309. The van der Waals surface area contributed by atoms with E-state index in [-0.39, 0.29) is 29.3 Å². The van der Waals surface area contributed by atoms with Crippen LogP contribution in [0.1, 0.15) is 27.4 Å². The van der Waals surface area contributed by atoms with E-state index in [2.05, 4.69) is 15.5 Å². The molecule has 0 saturated carbocycles. The van der Waals surface area contributed by atoms with Crippen LogP contribution in [-0.2, 0) is 12.8 Å². The molecule has 0 saturated heterocycles. The number of rotatable bonds is 6. The summed E-state index contributed by atoms with van der Waals surface area (Å²) in [4.78, 5) is 15.3. The highest BCUT2D eigenvalue weighted by Gasteiger charge is 2.15. The molecule has 2 aromatic carbocycles. The number of hydrogen-bond acceptors (Lipinski definition) is 3. The van der Waals surface area contributed by atoms with Gasteiger partial charge in [-0.15, -0.1) is 0 Å². The molecule has 4 aromatic rings. The number of aromatic nitrogens is 2. The minimum absolute atomic E-state index is 0.0230. The van der Waals surface area contributed by atoms with Crippen LogP contribution in [0.5, 0.6) is 0 Å². The Hall–Kier alpha value is -3.55. The van der Waals surface area contributed by atoms with Gasteiger partial charge in [0.15, 0.2) is 17.3 Å². The molecule has 0 atom stereocenters. The molecule has 29 heavy (non-hydrogen) atoms. The van der Waals surface area contributed by atoms with E-state index in [1.54, 1.807) is 12.3 Å². The maximum atomic E-state index is 13.7. The average Bonchev–Trinajstić information content (AvgIpc) is 3.33. The number of halogens is 3. The van der Waals surface area contributed by atoms with E-state index in [1.165, 1.54) is 30.3 Å². The Morgan fingerprint density at radius 1 is 1.10 bits per heavy atom. The second kappa shape index (κ2) is 7.83. The van der Waals surface area contributed by atoms with Crippen LogP contribution in [0, 0.1) is 17.5 Å². The molecular formula is C21H16F3N3O2. The van der Waals surface area contributed by atoms with Gasteiger partial charge >= 0.3 is 0 Å². The Morgan fingerprint density at radius 2 is 1.97 bits per heavy atom. The van der Waals surface area contributed by atoms with E-state index in [9.17, 15) is 18.0 Å². The van der Waals surface area contributed by atoms with Crippen molar-refractivity contribution in [2.75, 3.05) is 6.54 Å². The van der Waals surface area contributed by atoms with Crippen molar-refractivity contribution in [3.05, 3.63) is 88.7 Å². The van der Waals surface area contributed by atoms with E-state index in [4.69, 9.17) is 4.52 Å². The molecular weight excluding hydrogens is 383 g/mol. The van der Waals surface area contributed by atoms with E-state index >= 15 is 0 Å². The lowest BCUT2D eigenvalue weighted by atomic mass is 10.1. The first-order valence-corrected chi connectivity index (χ1v) is 8.93. The van der Waals surface area contributed by atoms with Crippen molar-refractivity contribution in [3.8, 4) is 0 Å². The second-order valence-corrected chi connectivity index (χ2v) is 6.58. The SMILES string of the molecule is O=C(NCCc1c[nH]c2ccc(F)cc12)c1cc(Cc2cccc(F)c2F)on1. The molecule has 0 fully saturated rings. The van der Waals surface area contributed by atoms with Crippen LogP contribution in [0.2, 0.25) is 0 Å². The summed E-state index contributed by atoms with van der Waals surface area (Å²) >= 11 is 0. The van der Waals surface area contributed by atoms with Gasteiger partial charge in [0, 0.05) is 36.1 Å². The third kappa shape index (κ3) is 4.01. The monoisotopic (exact) mass is 399 g/mol. The number of hydrogen-bond donors (Lipinski definition) is 2. The molecule has 0 aliphatic carbocycles. The Balaban J connectivity index is 1.37. The Bertz CT molecular complexity index is 1180. The van der Waals surface area contributed by atoms with Gasteiger partial charge in [0.2, 0.25) is 0 Å². The van der Waals surface area contributed by atoms with Crippen LogP contribution in [0.3, 0.4) is 0 Å². The first kappa shape index (κ1) is 18.8. The fourth-order valence-electron chi connectivity index (χ4n) is 3.13. The fourth-order valence-corrected chi connectivity index (χ4v) is 3.13. The quantitative estimate of drug-likeness (QED) is 0.512. The molecule has 0 spiro atoms. The minimum atomic E-state index is -0.954. The van der Waals surface area contributed by atoms with Gasteiger partial charge in [0.05, 0.1) is 0 Å². The van der Waals surface area contributed by atoms with Gasteiger partial charge in [-0.3, -0.25) is 4.79 Å². The highest BCUT2D eigenvalue weighted by atomic mass is 19.2. The van der Waals surface area contributed by atoms with Gasteiger partial charge in [0.1, 0.15) is 11.6 Å². The topological polar surface area (TPSA) is 70.9 Å². The van der Waals surface area contributed by atoms with Crippen LogP contribution in [0.4, 0.5) is 13.2 Å². The zero-order chi connectivity index (χ0) is 20.4. The molecule has 148 valence electrons. The van der Waals surface area contributed by atoms with Crippen LogP contribution >= 0.6 is 0 Å². The fraction of sp³-hybridized carbons (Fsp3) is 0.143. The predicted octanol–water partition coefficient (Wildman–Crippen LogP) is 4.14. The number of carbonyl (C=O) groups is 1. The number of carbonyl (C=O) groups excluding carboxylic acids is 1. The van der Waals surface area contributed by atoms with Crippen molar-refractivity contribution in [3.63, 3.8) is 0 Å². The highest BCUT2D eigenvalue weighted by Crippen LogP contribution is 2.20. The summed E-state index contributed by atoms with van der Waals surface area (Å²) in [5, 5.41) is 7.16. The number of H-pyrrole nitrogens is 1. The first-order valence-electron chi connectivity index (χ1n) is 8.93. The standard InChI is InChI=1S/C21H16F3N3O2/c22-14-4-5-18-16(9-14)13(11-26-18)6-7-25-21(28)19-10-15(29-27-19)8-12-2-1-3-17(23)20(12)24/h1-5,9-11,26H,6-8H2,(H,25,28). The molecule has 8 heteroatoms. The van der Waals surface area contributed by atoms with E-state index in [1.807, 2.05) is 0 Å². The molecule has 0 aliphatic heterocycles. The molecule has 0 bridgehead atoms. The normalized spacial score (nSPS) is 11.1. The number of fused-ring (bicyclic) bond motifs is 1. The van der Waals surface area contributed by atoms with E-state index in [0.717, 1.165) is 22.5 Å². The zero-order valence-corrected chi connectivity index (χ0v) is 15.1. The number of amides is 1. The summed E-state index contributed by atoms with van der Waals surface area (Å²) in [5.74, 6) is -2.44. The van der Waals surface area contributed by atoms with Crippen molar-refractivity contribution in [2.45, 2.75) is 12.8 Å². The minimum Gasteiger partial charge on any atom is -0.361 e. The number of nitrogens with zero attached hydrogens (tertiary/aromatic N) is 1. The molecule has 2 heterocycles. The van der Waals surface area contributed by atoms with E-state index in [0.29, 0.717) is 13.0 Å². The van der Waals surface area contributed by atoms with Crippen molar-refractivity contribution in [1.29, 1.82) is 0 Å². The van der Waals surface area contributed by atoms with Gasteiger partial charge in [-0.2, -0.15) is 0 Å². The molecule has 2 aromatic heterocycles. The van der Waals surface area contributed by atoms with Crippen molar-refractivity contribution < 1.29 is 22.5 Å². The third-order valence-electron chi connectivity index (χ3n) is 4.60. The summed E-state index contributed by atoms with van der Waals surface area (Å²) in [5.41, 5.74) is 1.85. The molecule has 2 N–H and O–H groups in total. The zero-order valence-electron chi connectivity index (χ0n) is 15.1. The Labute approximate surface area is 163 Å². The number of benzene rings is 2. The smallest absolute Gasteiger partial charge is 0.273 e. The van der Waals surface area contributed by atoms with Gasteiger partial charge in [-0.25, -0.2) is 13.2 Å². The van der Waals surface area contributed by atoms with Crippen LogP contribution in [0.15, 0.2) is 53.2 Å². The van der Waals surface area contributed by atoms with Crippen LogP contribution < -0.4 is 5.32 Å². The van der Waals surface area contributed by atoms with Crippen molar-refractivity contribution in [2.24, 2.45) is 0 Å². The number of nitrogens with one attached hydrogen (secondary N) is 2. The van der Waals surface area contributed by atoms with Gasteiger partial charge in [0.25, 0.3) is 5.91 Å². The van der Waals surface area contributed by atoms with E-state index < -0.39 is 17.5 Å². The van der Waals surface area contributed by atoms with Crippen LogP contribution in [0.25, 0.3) is 10.9 Å². The number of aromatic amines is 1. The lowest BCUT2D eigenvalue weighted by Crippen LogP contribution is -2.25. The van der Waals surface area contributed by atoms with Crippen molar-refractivity contribution in [1.82, 2.24) is 15.5 Å². The average molecular weight is 399 g/mol. The third-order valence-corrected chi connectivity index (χ3v) is 4.60. The van der Waals surface area contributed by atoms with Gasteiger partial charge in [-0.05, 0) is 41.8 Å².